The van der Waals surface area contributed by atoms with Crippen molar-refractivity contribution in [3.05, 3.63) is 12.7 Å². The highest BCUT2D eigenvalue weighted by Gasteiger charge is 2.51. The third-order valence-corrected chi connectivity index (χ3v) is 3.85. The molecule has 2 fully saturated rings. The molecule has 16 heavy (non-hydrogen) atoms. The number of carbonyl (C=O) groups is 1. The van der Waals surface area contributed by atoms with Crippen LogP contribution in [0, 0.1) is 0 Å². The van der Waals surface area contributed by atoms with Crippen molar-refractivity contribution in [3.8, 4) is 0 Å². The lowest BCUT2D eigenvalue weighted by Crippen LogP contribution is -2.51. The van der Waals surface area contributed by atoms with Crippen molar-refractivity contribution in [1.82, 2.24) is 10.2 Å². The first-order valence-corrected chi connectivity index (χ1v) is 5.94. The molecule has 2 aliphatic heterocycles. The molecule has 1 spiro atoms. The van der Waals surface area contributed by atoms with E-state index in [4.69, 9.17) is 4.74 Å². The fourth-order valence-corrected chi connectivity index (χ4v) is 2.92. The lowest BCUT2D eigenvalue weighted by molar-refractivity contribution is -0.131. The highest BCUT2D eigenvalue weighted by Crippen LogP contribution is 2.38. The molecule has 0 saturated carbocycles. The summed E-state index contributed by atoms with van der Waals surface area (Å²) in [4.78, 5) is 13.6. The van der Waals surface area contributed by atoms with E-state index in [0.29, 0.717) is 0 Å². The Kier molecular flexibility index (Phi) is 3.04. The van der Waals surface area contributed by atoms with E-state index >= 15 is 0 Å². The molecule has 1 amide bonds. The Morgan fingerprint density at radius 3 is 2.69 bits per heavy atom. The van der Waals surface area contributed by atoms with Crippen LogP contribution < -0.4 is 5.32 Å². The molecule has 2 rings (SSSR count). The zero-order chi connectivity index (χ0) is 11.8. The molecule has 0 aromatic heterocycles. The maximum atomic E-state index is 11.8. The van der Waals surface area contributed by atoms with Crippen molar-refractivity contribution in [1.29, 1.82) is 0 Å². The van der Waals surface area contributed by atoms with Crippen LogP contribution in [-0.2, 0) is 9.53 Å². The molecule has 2 atom stereocenters. The van der Waals surface area contributed by atoms with E-state index in [9.17, 15) is 4.79 Å². The van der Waals surface area contributed by atoms with Gasteiger partial charge < -0.3 is 15.0 Å². The topological polar surface area (TPSA) is 41.6 Å². The third kappa shape index (κ3) is 1.66. The highest BCUT2D eigenvalue weighted by molar-refractivity contribution is 5.87. The molecule has 0 aromatic carbocycles. The van der Waals surface area contributed by atoms with E-state index in [0.717, 1.165) is 25.9 Å². The molecule has 0 aliphatic carbocycles. The van der Waals surface area contributed by atoms with Crippen LogP contribution in [0.15, 0.2) is 12.7 Å². The smallest absolute Gasteiger partial charge is 0.248 e. The molecule has 0 aromatic rings. The number of rotatable bonds is 1. The zero-order valence-electron chi connectivity index (χ0n) is 10.0. The summed E-state index contributed by atoms with van der Waals surface area (Å²) in [5, 5.41) is 3.33. The second kappa shape index (κ2) is 4.18. The number of amides is 1. The molecule has 0 radical (unpaired) electrons. The molecule has 90 valence electrons. The molecule has 0 bridgehead atoms. The van der Waals surface area contributed by atoms with Gasteiger partial charge in [-0.25, -0.2) is 0 Å². The average molecular weight is 224 g/mol. The van der Waals surface area contributed by atoms with Gasteiger partial charge in [-0.3, -0.25) is 4.79 Å². The number of carbonyl (C=O) groups excluding carboxylic acids is 1. The first-order valence-electron chi connectivity index (χ1n) is 5.94. The van der Waals surface area contributed by atoms with Crippen LogP contribution in [0.5, 0.6) is 0 Å². The Balaban J connectivity index is 2.20. The minimum absolute atomic E-state index is 0.0320. The quantitative estimate of drug-likeness (QED) is 0.672. The lowest BCUT2D eigenvalue weighted by atomic mass is 9.86. The summed E-state index contributed by atoms with van der Waals surface area (Å²) in [5.74, 6) is -0.0320. The van der Waals surface area contributed by atoms with Crippen molar-refractivity contribution in [2.24, 2.45) is 0 Å². The van der Waals surface area contributed by atoms with Crippen LogP contribution in [0.2, 0.25) is 0 Å². The van der Waals surface area contributed by atoms with Crippen LogP contribution >= 0.6 is 0 Å². The Bertz CT molecular complexity index is 297. The van der Waals surface area contributed by atoms with Gasteiger partial charge in [0.25, 0.3) is 0 Å². The molecule has 4 heteroatoms. The number of hydrogen-bond donors (Lipinski definition) is 1. The maximum Gasteiger partial charge on any atom is 0.248 e. The number of hydrogen-bond acceptors (Lipinski definition) is 3. The molecule has 1 unspecified atom stereocenters. The number of nitrogens with one attached hydrogen (secondary N) is 1. The Morgan fingerprint density at radius 2 is 2.12 bits per heavy atom. The van der Waals surface area contributed by atoms with Crippen molar-refractivity contribution < 1.29 is 9.53 Å². The second-order valence-corrected chi connectivity index (χ2v) is 4.66. The first-order chi connectivity index (χ1) is 7.60. The van der Waals surface area contributed by atoms with Gasteiger partial charge in [0, 0.05) is 0 Å². The van der Waals surface area contributed by atoms with Gasteiger partial charge in [-0.1, -0.05) is 6.58 Å². The molecule has 2 aliphatic rings. The Labute approximate surface area is 96.6 Å². The van der Waals surface area contributed by atoms with E-state index in [1.54, 1.807) is 4.90 Å². The van der Waals surface area contributed by atoms with Crippen LogP contribution in [0.1, 0.15) is 26.7 Å². The normalized spacial score (nSPS) is 33.0. The van der Waals surface area contributed by atoms with Crippen molar-refractivity contribution in [2.75, 3.05) is 13.1 Å². The summed E-state index contributed by atoms with van der Waals surface area (Å²) < 4.78 is 6.05. The van der Waals surface area contributed by atoms with E-state index in [2.05, 4.69) is 18.8 Å². The molecular formula is C12H20N2O2. The van der Waals surface area contributed by atoms with E-state index in [-0.39, 0.29) is 23.8 Å². The van der Waals surface area contributed by atoms with E-state index < -0.39 is 0 Å². The summed E-state index contributed by atoms with van der Waals surface area (Å²) in [5.41, 5.74) is -0.149. The highest BCUT2D eigenvalue weighted by atomic mass is 16.5. The summed E-state index contributed by atoms with van der Waals surface area (Å²) in [6.07, 6.45) is 3.17. The molecule has 1 N–H and O–H groups in total. The predicted octanol–water partition coefficient (Wildman–Crippen LogP) is 0.888. The first kappa shape index (κ1) is 11.6. The fourth-order valence-electron chi connectivity index (χ4n) is 2.92. The van der Waals surface area contributed by atoms with E-state index in [1.165, 1.54) is 6.08 Å². The minimum Gasteiger partial charge on any atom is -0.350 e. The monoisotopic (exact) mass is 224 g/mol. The molecule has 4 nitrogen and oxygen atoms in total. The molecular weight excluding hydrogens is 204 g/mol. The molecule has 2 heterocycles. The average Bonchev–Trinajstić information content (AvgIpc) is 2.51. The second-order valence-electron chi connectivity index (χ2n) is 4.66. The lowest BCUT2D eigenvalue weighted by Gasteiger charge is -2.37. The van der Waals surface area contributed by atoms with Gasteiger partial charge in [-0.15, -0.1) is 0 Å². The largest absolute Gasteiger partial charge is 0.350 e. The van der Waals surface area contributed by atoms with Crippen LogP contribution in [0.25, 0.3) is 0 Å². The van der Waals surface area contributed by atoms with Crippen LogP contribution in [0.4, 0.5) is 0 Å². The summed E-state index contributed by atoms with van der Waals surface area (Å²) in [6, 6.07) is 0.134. The zero-order valence-corrected chi connectivity index (χ0v) is 10.0. The predicted molar refractivity (Wildman–Crippen MR) is 61.9 cm³/mol. The Hall–Kier alpha value is -0.870. The summed E-state index contributed by atoms with van der Waals surface area (Å²) >= 11 is 0. The van der Waals surface area contributed by atoms with Crippen molar-refractivity contribution >= 4 is 5.91 Å². The van der Waals surface area contributed by atoms with Crippen LogP contribution in [0.3, 0.4) is 0 Å². The number of piperidine rings is 1. The minimum atomic E-state index is -0.149. The van der Waals surface area contributed by atoms with Gasteiger partial charge in [0.05, 0.1) is 11.6 Å². The standard InChI is InChI=1S/C12H20N2O2/c1-4-11(15)14-9(2)12(16-10(14)3)5-7-13-8-6-12/h4,9-10,13H,1,5-8H2,2-3H3/t9-,10?/m1/s1. The van der Waals surface area contributed by atoms with Crippen molar-refractivity contribution in [2.45, 2.75) is 44.6 Å². The van der Waals surface area contributed by atoms with Gasteiger partial charge in [0.2, 0.25) is 5.91 Å². The van der Waals surface area contributed by atoms with Crippen molar-refractivity contribution in [3.63, 3.8) is 0 Å². The Morgan fingerprint density at radius 1 is 1.50 bits per heavy atom. The number of ether oxygens (including phenoxy) is 1. The van der Waals surface area contributed by atoms with Gasteiger partial charge in [-0.05, 0) is 45.9 Å². The van der Waals surface area contributed by atoms with E-state index in [1.807, 2.05) is 6.92 Å². The van der Waals surface area contributed by atoms with Gasteiger partial charge >= 0.3 is 0 Å². The summed E-state index contributed by atoms with van der Waals surface area (Å²) in [6.45, 7) is 9.50. The number of nitrogens with zero attached hydrogens (tertiary/aromatic N) is 1. The SMILES string of the molecule is C=CC(=O)N1C(C)OC2(CCNCC2)[C@H]1C. The van der Waals surface area contributed by atoms with Gasteiger partial charge in [0.1, 0.15) is 6.23 Å². The van der Waals surface area contributed by atoms with Gasteiger partial charge in [0.15, 0.2) is 0 Å². The maximum absolute atomic E-state index is 11.8. The fraction of sp³-hybridized carbons (Fsp3) is 0.750. The molecule has 2 saturated heterocycles. The van der Waals surface area contributed by atoms with Gasteiger partial charge in [-0.2, -0.15) is 0 Å². The summed E-state index contributed by atoms with van der Waals surface area (Å²) in [7, 11) is 0. The van der Waals surface area contributed by atoms with Crippen LogP contribution in [-0.4, -0.2) is 41.8 Å². The third-order valence-electron chi connectivity index (χ3n) is 3.85.